The zero-order valence-electron chi connectivity index (χ0n) is 9.83. The van der Waals surface area contributed by atoms with E-state index in [4.69, 9.17) is 4.74 Å². The maximum atomic E-state index is 11.3. The molecule has 0 unspecified atom stereocenters. The van der Waals surface area contributed by atoms with E-state index in [2.05, 4.69) is 26.6 Å². The Balaban J connectivity index is 2.14. The van der Waals surface area contributed by atoms with Crippen molar-refractivity contribution in [2.24, 2.45) is 0 Å². The summed E-state index contributed by atoms with van der Waals surface area (Å²) in [6.45, 7) is 1.68. The first-order chi connectivity index (χ1) is 8.22. The number of urea groups is 1. The minimum Gasteiger partial charge on any atom is -0.383 e. The van der Waals surface area contributed by atoms with Crippen LogP contribution in [0.25, 0.3) is 0 Å². The Morgan fingerprint density at radius 3 is 2.53 bits per heavy atom. The van der Waals surface area contributed by atoms with Gasteiger partial charge in [0.05, 0.1) is 6.61 Å². The third-order valence-electron chi connectivity index (χ3n) is 2.20. The summed E-state index contributed by atoms with van der Waals surface area (Å²) in [7, 11) is 1.60. The number of hydrogen-bond acceptors (Lipinski definition) is 2. The Morgan fingerprint density at radius 1 is 1.24 bits per heavy atom. The van der Waals surface area contributed by atoms with Crippen LogP contribution in [0.4, 0.5) is 4.79 Å². The van der Waals surface area contributed by atoms with Crippen LogP contribution in [0.3, 0.4) is 0 Å². The lowest BCUT2D eigenvalue weighted by Gasteiger charge is -2.07. The highest BCUT2D eigenvalue weighted by molar-refractivity contribution is 9.10. The minimum absolute atomic E-state index is 0.154. The van der Waals surface area contributed by atoms with Crippen molar-refractivity contribution >= 4 is 22.0 Å². The molecule has 0 aliphatic carbocycles. The van der Waals surface area contributed by atoms with E-state index in [0.29, 0.717) is 19.7 Å². The third-order valence-corrected chi connectivity index (χ3v) is 2.73. The van der Waals surface area contributed by atoms with Crippen molar-refractivity contribution in [2.45, 2.75) is 6.42 Å². The van der Waals surface area contributed by atoms with Crippen LogP contribution in [0.5, 0.6) is 0 Å². The molecule has 5 heteroatoms. The first kappa shape index (κ1) is 14.0. The Labute approximate surface area is 110 Å². The molecule has 1 aromatic carbocycles. The van der Waals surface area contributed by atoms with Crippen molar-refractivity contribution in [1.82, 2.24) is 10.6 Å². The predicted octanol–water partition coefficient (Wildman–Crippen LogP) is 1.94. The van der Waals surface area contributed by atoms with Crippen LogP contribution in [0.2, 0.25) is 0 Å². The lowest BCUT2D eigenvalue weighted by Crippen LogP contribution is -2.38. The molecule has 4 nitrogen and oxygen atoms in total. The van der Waals surface area contributed by atoms with Gasteiger partial charge in [0.25, 0.3) is 0 Å². The average Bonchev–Trinajstić information content (AvgIpc) is 2.32. The molecule has 1 rings (SSSR count). The molecule has 17 heavy (non-hydrogen) atoms. The molecular weight excluding hydrogens is 284 g/mol. The highest BCUT2D eigenvalue weighted by Gasteiger charge is 1.98. The van der Waals surface area contributed by atoms with Gasteiger partial charge in [0.2, 0.25) is 0 Å². The monoisotopic (exact) mass is 300 g/mol. The van der Waals surface area contributed by atoms with E-state index in [9.17, 15) is 4.79 Å². The summed E-state index contributed by atoms with van der Waals surface area (Å²) in [5, 5.41) is 5.48. The summed E-state index contributed by atoms with van der Waals surface area (Å²) in [5.74, 6) is 0. The SMILES string of the molecule is COCCNC(=O)NCCc1ccc(Br)cc1. The first-order valence-electron chi connectivity index (χ1n) is 5.47. The number of nitrogens with one attached hydrogen (secondary N) is 2. The van der Waals surface area contributed by atoms with Gasteiger partial charge in [0.1, 0.15) is 0 Å². The number of amides is 2. The number of carbonyl (C=O) groups excluding carboxylic acids is 1. The molecule has 0 radical (unpaired) electrons. The number of carbonyl (C=O) groups is 1. The summed E-state index contributed by atoms with van der Waals surface area (Å²) in [6, 6.07) is 7.91. The molecule has 0 saturated heterocycles. The van der Waals surface area contributed by atoms with Gasteiger partial charge in [-0.2, -0.15) is 0 Å². The fraction of sp³-hybridized carbons (Fsp3) is 0.417. The number of rotatable bonds is 6. The molecule has 2 amide bonds. The van der Waals surface area contributed by atoms with Gasteiger partial charge >= 0.3 is 6.03 Å². The maximum Gasteiger partial charge on any atom is 0.314 e. The van der Waals surface area contributed by atoms with Crippen LogP contribution >= 0.6 is 15.9 Å². The summed E-state index contributed by atoms with van der Waals surface area (Å²) < 4.78 is 5.89. The van der Waals surface area contributed by atoms with Crippen LogP contribution in [0, 0.1) is 0 Å². The number of benzene rings is 1. The summed E-state index contributed by atoms with van der Waals surface area (Å²) in [4.78, 5) is 11.3. The van der Waals surface area contributed by atoms with Crippen LogP contribution in [-0.4, -0.2) is 32.8 Å². The highest BCUT2D eigenvalue weighted by Crippen LogP contribution is 2.10. The molecule has 1 aromatic rings. The molecule has 0 atom stereocenters. The van der Waals surface area contributed by atoms with Crippen molar-refractivity contribution in [3.63, 3.8) is 0 Å². The summed E-state index contributed by atoms with van der Waals surface area (Å²) in [5.41, 5.74) is 1.20. The Bertz CT molecular complexity index is 341. The lowest BCUT2D eigenvalue weighted by atomic mass is 10.1. The zero-order chi connectivity index (χ0) is 12.5. The molecule has 0 heterocycles. The second kappa shape index (κ2) is 8.08. The third kappa shape index (κ3) is 6.28. The molecule has 0 bridgehead atoms. The topological polar surface area (TPSA) is 50.4 Å². The van der Waals surface area contributed by atoms with Gasteiger partial charge in [-0.25, -0.2) is 4.79 Å². The van der Waals surface area contributed by atoms with Crippen molar-refractivity contribution in [2.75, 3.05) is 26.8 Å². The molecule has 2 N–H and O–H groups in total. The van der Waals surface area contributed by atoms with Gasteiger partial charge in [-0.1, -0.05) is 28.1 Å². The minimum atomic E-state index is -0.154. The van der Waals surface area contributed by atoms with Crippen molar-refractivity contribution in [1.29, 1.82) is 0 Å². The van der Waals surface area contributed by atoms with E-state index in [0.717, 1.165) is 10.9 Å². The molecule has 0 aromatic heterocycles. The molecule has 0 saturated carbocycles. The smallest absolute Gasteiger partial charge is 0.314 e. The van der Waals surface area contributed by atoms with E-state index >= 15 is 0 Å². The molecule has 0 fully saturated rings. The molecular formula is C12H17BrN2O2. The molecule has 0 aliphatic heterocycles. The van der Waals surface area contributed by atoms with Gasteiger partial charge in [-0.05, 0) is 24.1 Å². The number of methoxy groups -OCH3 is 1. The van der Waals surface area contributed by atoms with Gasteiger partial charge in [-0.3, -0.25) is 0 Å². The van der Waals surface area contributed by atoms with Crippen molar-refractivity contribution < 1.29 is 9.53 Å². The van der Waals surface area contributed by atoms with Gasteiger partial charge in [-0.15, -0.1) is 0 Å². The van der Waals surface area contributed by atoms with E-state index in [1.165, 1.54) is 5.56 Å². The Morgan fingerprint density at radius 2 is 1.88 bits per heavy atom. The van der Waals surface area contributed by atoms with Gasteiger partial charge in [0.15, 0.2) is 0 Å². The molecule has 0 spiro atoms. The van der Waals surface area contributed by atoms with E-state index in [1.807, 2.05) is 24.3 Å². The quantitative estimate of drug-likeness (QED) is 0.789. The normalized spacial score (nSPS) is 10.0. The molecule has 94 valence electrons. The van der Waals surface area contributed by atoms with Gasteiger partial charge < -0.3 is 15.4 Å². The number of hydrogen-bond donors (Lipinski definition) is 2. The standard InChI is InChI=1S/C12H17BrN2O2/c1-17-9-8-15-12(16)14-7-6-10-2-4-11(13)5-3-10/h2-5H,6-9H2,1H3,(H2,14,15,16). The van der Waals surface area contributed by atoms with Crippen molar-refractivity contribution in [3.8, 4) is 0 Å². The summed E-state index contributed by atoms with van der Waals surface area (Å²) >= 11 is 3.38. The van der Waals surface area contributed by atoms with Gasteiger partial charge in [0, 0.05) is 24.7 Å². The largest absolute Gasteiger partial charge is 0.383 e. The number of ether oxygens (including phenoxy) is 1. The maximum absolute atomic E-state index is 11.3. The van der Waals surface area contributed by atoms with E-state index in [1.54, 1.807) is 7.11 Å². The van der Waals surface area contributed by atoms with Crippen molar-refractivity contribution in [3.05, 3.63) is 34.3 Å². The van der Waals surface area contributed by atoms with E-state index < -0.39 is 0 Å². The first-order valence-corrected chi connectivity index (χ1v) is 6.27. The van der Waals surface area contributed by atoms with Crippen LogP contribution in [0.15, 0.2) is 28.7 Å². The van der Waals surface area contributed by atoms with E-state index in [-0.39, 0.29) is 6.03 Å². The fourth-order valence-corrected chi connectivity index (χ4v) is 1.56. The Kier molecular flexibility index (Phi) is 6.65. The fourth-order valence-electron chi connectivity index (χ4n) is 1.30. The zero-order valence-corrected chi connectivity index (χ0v) is 11.4. The van der Waals surface area contributed by atoms with Crippen LogP contribution in [0.1, 0.15) is 5.56 Å². The second-order valence-corrected chi connectivity index (χ2v) is 4.47. The predicted molar refractivity (Wildman–Crippen MR) is 71.1 cm³/mol. The number of halogens is 1. The second-order valence-electron chi connectivity index (χ2n) is 3.55. The average molecular weight is 301 g/mol. The van der Waals surface area contributed by atoms with Crippen LogP contribution < -0.4 is 10.6 Å². The van der Waals surface area contributed by atoms with Crippen LogP contribution in [-0.2, 0) is 11.2 Å². The highest BCUT2D eigenvalue weighted by atomic mass is 79.9. The lowest BCUT2D eigenvalue weighted by molar-refractivity contribution is 0.196. The Hall–Kier alpha value is -1.07. The molecule has 0 aliphatic rings. The summed E-state index contributed by atoms with van der Waals surface area (Å²) in [6.07, 6.45) is 0.824.